The van der Waals surface area contributed by atoms with Gasteiger partial charge in [0.2, 0.25) is 5.91 Å². The molecule has 0 radical (unpaired) electrons. The van der Waals surface area contributed by atoms with Crippen LogP contribution in [0.2, 0.25) is 10.0 Å². The van der Waals surface area contributed by atoms with E-state index in [1.165, 1.54) is 0 Å². The van der Waals surface area contributed by atoms with Crippen molar-refractivity contribution in [2.45, 2.75) is 25.3 Å². The number of nitrogens with one attached hydrogen (secondary N) is 2. The number of hydrogen-bond acceptors (Lipinski definition) is 3. The second-order valence-corrected chi connectivity index (χ2v) is 6.36. The Labute approximate surface area is 134 Å². The van der Waals surface area contributed by atoms with Gasteiger partial charge in [0.1, 0.15) is 5.75 Å². The normalized spacial score (nSPS) is 20.6. The highest BCUT2D eigenvalue weighted by Crippen LogP contribution is 2.39. The fourth-order valence-corrected chi connectivity index (χ4v) is 3.12. The first-order chi connectivity index (χ1) is 10.1. The molecular formula is C15H18Cl2N2O2. The van der Waals surface area contributed by atoms with E-state index in [1.807, 2.05) is 6.07 Å². The van der Waals surface area contributed by atoms with Crippen LogP contribution in [0.5, 0.6) is 5.75 Å². The first kappa shape index (κ1) is 14.9. The second-order valence-electron chi connectivity index (χ2n) is 5.52. The van der Waals surface area contributed by atoms with Gasteiger partial charge in [-0.3, -0.25) is 4.79 Å². The van der Waals surface area contributed by atoms with E-state index < -0.39 is 0 Å². The number of halogens is 2. The Hall–Kier alpha value is -0.970. The number of amides is 1. The van der Waals surface area contributed by atoms with Crippen LogP contribution in [0.3, 0.4) is 0 Å². The molecule has 6 heteroatoms. The van der Waals surface area contributed by atoms with E-state index in [4.69, 9.17) is 27.9 Å². The van der Waals surface area contributed by atoms with Gasteiger partial charge < -0.3 is 15.4 Å². The van der Waals surface area contributed by atoms with Gasteiger partial charge in [0.05, 0.1) is 11.6 Å². The SMILES string of the molecule is O=C(NCCNC1CCOc2c(Cl)cc(Cl)cc21)C1CC1. The van der Waals surface area contributed by atoms with E-state index in [0.29, 0.717) is 35.5 Å². The molecule has 114 valence electrons. The molecule has 1 saturated carbocycles. The molecule has 1 aromatic rings. The molecule has 0 spiro atoms. The van der Waals surface area contributed by atoms with Crippen molar-refractivity contribution in [3.05, 3.63) is 27.7 Å². The summed E-state index contributed by atoms with van der Waals surface area (Å²) in [4.78, 5) is 11.6. The quantitative estimate of drug-likeness (QED) is 0.817. The van der Waals surface area contributed by atoms with Crippen LogP contribution in [0.1, 0.15) is 30.9 Å². The van der Waals surface area contributed by atoms with E-state index in [0.717, 1.165) is 24.8 Å². The highest BCUT2D eigenvalue weighted by molar-refractivity contribution is 6.35. The van der Waals surface area contributed by atoms with Gasteiger partial charge in [0.25, 0.3) is 0 Å². The fourth-order valence-electron chi connectivity index (χ4n) is 2.56. The molecule has 1 aliphatic heterocycles. The lowest BCUT2D eigenvalue weighted by atomic mass is 10.0. The van der Waals surface area contributed by atoms with Gasteiger partial charge in [-0.25, -0.2) is 0 Å². The zero-order valence-corrected chi connectivity index (χ0v) is 13.1. The maximum atomic E-state index is 11.6. The fraction of sp³-hybridized carbons (Fsp3) is 0.533. The maximum Gasteiger partial charge on any atom is 0.223 e. The summed E-state index contributed by atoms with van der Waals surface area (Å²) in [6.45, 7) is 1.98. The van der Waals surface area contributed by atoms with Gasteiger partial charge in [-0.15, -0.1) is 0 Å². The molecule has 1 heterocycles. The molecule has 2 aliphatic rings. The van der Waals surface area contributed by atoms with Gasteiger partial charge in [-0.1, -0.05) is 23.2 Å². The summed E-state index contributed by atoms with van der Waals surface area (Å²) in [5.41, 5.74) is 0.993. The average Bonchev–Trinajstić information content (AvgIpc) is 3.28. The molecule has 2 N–H and O–H groups in total. The number of fused-ring (bicyclic) bond motifs is 1. The van der Waals surface area contributed by atoms with E-state index in [9.17, 15) is 4.79 Å². The van der Waals surface area contributed by atoms with Crippen LogP contribution >= 0.6 is 23.2 Å². The summed E-state index contributed by atoms with van der Waals surface area (Å²) in [5.74, 6) is 1.15. The molecule has 1 atom stereocenters. The van der Waals surface area contributed by atoms with E-state index in [1.54, 1.807) is 6.07 Å². The molecule has 3 rings (SSSR count). The monoisotopic (exact) mass is 328 g/mol. The molecule has 1 amide bonds. The molecule has 1 aliphatic carbocycles. The molecule has 1 aromatic carbocycles. The Balaban J connectivity index is 1.56. The molecule has 0 saturated heterocycles. The van der Waals surface area contributed by atoms with Crippen molar-refractivity contribution in [1.29, 1.82) is 0 Å². The minimum absolute atomic E-state index is 0.155. The number of carbonyl (C=O) groups excluding carboxylic acids is 1. The Morgan fingerprint density at radius 2 is 2.05 bits per heavy atom. The first-order valence-electron chi connectivity index (χ1n) is 7.28. The summed E-state index contributed by atoms with van der Waals surface area (Å²) >= 11 is 12.2. The Bertz CT molecular complexity index is 547. The summed E-state index contributed by atoms with van der Waals surface area (Å²) in [7, 11) is 0. The van der Waals surface area contributed by atoms with Crippen molar-refractivity contribution in [2.24, 2.45) is 5.92 Å². The molecule has 21 heavy (non-hydrogen) atoms. The Morgan fingerprint density at radius 3 is 2.81 bits per heavy atom. The lowest BCUT2D eigenvalue weighted by Crippen LogP contribution is -2.35. The van der Waals surface area contributed by atoms with Gasteiger partial charge in [-0.05, 0) is 25.0 Å². The third-order valence-electron chi connectivity index (χ3n) is 3.83. The minimum Gasteiger partial charge on any atom is -0.492 e. The van der Waals surface area contributed by atoms with Gasteiger partial charge in [-0.2, -0.15) is 0 Å². The third-order valence-corrected chi connectivity index (χ3v) is 4.33. The van der Waals surface area contributed by atoms with Crippen LogP contribution in [0.25, 0.3) is 0 Å². The second kappa shape index (κ2) is 6.42. The number of carbonyl (C=O) groups is 1. The Kier molecular flexibility index (Phi) is 4.57. The molecule has 1 unspecified atom stereocenters. The maximum absolute atomic E-state index is 11.6. The van der Waals surface area contributed by atoms with Crippen LogP contribution < -0.4 is 15.4 Å². The van der Waals surface area contributed by atoms with Crippen molar-refractivity contribution in [3.63, 3.8) is 0 Å². The van der Waals surface area contributed by atoms with Gasteiger partial charge in [0, 0.05) is 42.1 Å². The topological polar surface area (TPSA) is 50.4 Å². The van der Waals surface area contributed by atoms with Gasteiger partial charge in [0.15, 0.2) is 0 Å². The van der Waals surface area contributed by atoms with Gasteiger partial charge >= 0.3 is 0 Å². The van der Waals surface area contributed by atoms with Crippen LogP contribution in [0.15, 0.2) is 12.1 Å². The summed E-state index contributed by atoms with van der Waals surface area (Å²) in [6, 6.07) is 3.74. The molecular weight excluding hydrogens is 311 g/mol. The zero-order valence-electron chi connectivity index (χ0n) is 11.6. The minimum atomic E-state index is 0.155. The van der Waals surface area contributed by atoms with E-state index >= 15 is 0 Å². The first-order valence-corrected chi connectivity index (χ1v) is 8.03. The van der Waals surface area contributed by atoms with E-state index in [-0.39, 0.29) is 17.9 Å². The highest BCUT2D eigenvalue weighted by Gasteiger charge is 2.29. The summed E-state index contributed by atoms with van der Waals surface area (Å²) < 4.78 is 5.62. The van der Waals surface area contributed by atoms with E-state index in [2.05, 4.69) is 10.6 Å². The predicted octanol–water partition coefficient (Wildman–Crippen LogP) is 2.93. The number of hydrogen-bond donors (Lipinski definition) is 2. The van der Waals surface area contributed by atoms with Crippen molar-refractivity contribution in [2.75, 3.05) is 19.7 Å². The standard InChI is InChI=1S/C15H18Cl2N2O2/c16-10-7-11-13(3-6-21-14(11)12(17)8-10)18-4-5-19-15(20)9-1-2-9/h7-9,13,18H,1-6H2,(H,19,20). The largest absolute Gasteiger partial charge is 0.492 e. The number of ether oxygens (including phenoxy) is 1. The van der Waals surface area contributed by atoms with Crippen LogP contribution in [-0.2, 0) is 4.79 Å². The smallest absolute Gasteiger partial charge is 0.223 e. The van der Waals surface area contributed by atoms with Crippen molar-refractivity contribution in [1.82, 2.24) is 10.6 Å². The Morgan fingerprint density at radius 1 is 1.24 bits per heavy atom. The number of benzene rings is 1. The average molecular weight is 329 g/mol. The third kappa shape index (κ3) is 3.62. The summed E-state index contributed by atoms with van der Waals surface area (Å²) in [6.07, 6.45) is 2.92. The zero-order chi connectivity index (χ0) is 14.8. The van der Waals surface area contributed by atoms with Crippen LogP contribution in [0.4, 0.5) is 0 Å². The van der Waals surface area contributed by atoms with Crippen molar-refractivity contribution < 1.29 is 9.53 Å². The lowest BCUT2D eigenvalue weighted by molar-refractivity contribution is -0.122. The molecule has 4 nitrogen and oxygen atoms in total. The predicted molar refractivity (Wildman–Crippen MR) is 83.1 cm³/mol. The van der Waals surface area contributed by atoms with Crippen LogP contribution in [-0.4, -0.2) is 25.6 Å². The highest BCUT2D eigenvalue weighted by atomic mass is 35.5. The van der Waals surface area contributed by atoms with Crippen molar-refractivity contribution >= 4 is 29.1 Å². The van der Waals surface area contributed by atoms with Crippen LogP contribution in [0, 0.1) is 5.92 Å². The lowest BCUT2D eigenvalue weighted by Gasteiger charge is -2.27. The molecule has 0 bridgehead atoms. The summed E-state index contributed by atoms with van der Waals surface area (Å²) in [5, 5.41) is 7.54. The number of rotatable bonds is 5. The molecule has 0 aromatic heterocycles. The van der Waals surface area contributed by atoms with Crippen molar-refractivity contribution in [3.8, 4) is 5.75 Å². The molecule has 1 fully saturated rings.